The van der Waals surface area contributed by atoms with Crippen molar-refractivity contribution in [2.75, 3.05) is 13.1 Å². The van der Waals surface area contributed by atoms with Crippen molar-refractivity contribution in [2.45, 2.75) is 44.6 Å². The van der Waals surface area contributed by atoms with Crippen molar-refractivity contribution in [2.24, 2.45) is 0 Å². The van der Waals surface area contributed by atoms with Crippen LogP contribution in [-0.2, 0) is 14.8 Å². The maximum atomic E-state index is 12.5. The quantitative estimate of drug-likeness (QED) is 0.541. The molecule has 0 aliphatic carbocycles. The number of carbonyl (C=O) groups is 2. The molecule has 0 spiro atoms. The van der Waals surface area contributed by atoms with Crippen molar-refractivity contribution in [1.82, 2.24) is 9.62 Å². The predicted octanol–water partition coefficient (Wildman–Crippen LogP) is 4.27. The summed E-state index contributed by atoms with van der Waals surface area (Å²) in [6, 6.07) is 9.50. The fraction of sp³-hybridized carbons (Fsp3) is 0.400. The zero-order valence-corrected chi connectivity index (χ0v) is 19.0. The normalized spacial score (nSPS) is 12.7. The molecular formula is C20H25ClN2O4S2. The summed E-state index contributed by atoms with van der Waals surface area (Å²) in [6.45, 7) is 6.22. The summed E-state index contributed by atoms with van der Waals surface area (Å²) < 4.78 is 27.0. The van der Waals surface area contributed by atoms with Crippen LogP contribution in [0.25, 0.3) is 0 Å². The first-order chi connectivity index (χ1) is 13.7. The van der Waals surface area contributed by atoms with Gasteiger partial charge in [0.1, 0.15) is 0 Å². The number of Topliss-reactive ketones (excluding diaryl/α,β-unsaturated/α-hetero) is 1. The molecule has 0 aliphatic rings. The molecule has 2 rings (SSSR count). The summed E-state index contributed by atoms with van der Waals surface area (Å²) in [7, 11) is -3.51. The Kier molecular flexibility index (Phi) is 8.39. The van der Waals surface area contributed by atoms with Gasteiger partial charge in [-0.05, 0) is 36.8 Å². The van der Waals surface area contributed by atoms with E-state index in [1.165, 1.54) is 15.6 Å². The third kappa shape index (κ3) is 6.12. The van der Waals surface area contributed by atoms with Gasteiger partial charge in [0.25, 0.3) is 0 Å². The molecular weight excluding hydrogens is 432 g/mol. The van der Waals surface area contributed by atoms with Gasteiger partial charge in [0.2, 0.25) is 15.9 Å². The highest BCUT2D eigenvalue weighted by Crippen LogP contribution is 2.23. The minimum atomic E-state index is -3.51. The summed E-state index contributed by atoms with van der Waals surface area (Å²) in [4.78, 5) is 25.0. The Morgan fingerprint density at radius 1 is 1.07 bits per heavy atom. The molecule has 0 saturated heterocycles. The van der Waals surface area contributed by atoms with Crippen LogP contribution in [0.5, 0.6) is 0 Å². The third-order valence-corrected chi connectivity index (χ3v) is 7.86. The van der Waals surface area contributed by atoms with E-state index < -0.39 is 10.0 Å². The van der Waals surface area contributed by atoms with E-state index in [0.717, 1.165) is 5.56 Å². The smallest absolute Gasteiger partial charge is 0.243 e. The van der Waals surface area contributed by atoms with Crippen LogP contribution < -0.4 is 5.32 Å². The highest BCUT2D eigenvalue weighted by atomic mass is 35.5. The van der Waals surface area contributed by atoms with Crippen LogP contribution in [0.1, 0.15) is 54.9 Å². The molecule has 1 aromatic heterocycles. The molecule has 6 nitrogen and oxygen atoms in total. The fourth-order valence-electron chi connectivity index (χ4n) is 2.85. The van der Waals surface area contributed by atoms with Crippen LogP contribution in [0.2, 0.25) is 4.34 Å². The molecule has 158 valence electrons. The second-order valence-electron chi connectivity index (χ2n) is 6.47. The van der Waals surface area contributed by atoms with Gasteiger partial charge in [0, 0.05) is 25.9 Å². The molecule has 0 saturated carbocycles. The van der Waals surface area contributed by atoms with E-state index in [2.05, 4.69) is 5.32 Å². The molecule has 2 aromatic rings. The van der Waals surface area contributed by atoms with Gasteiger partial charge in [-0.25, -0.2) is 8.42 Å². The van der Waals surface area contributed by atoms with Crippen molar-refractivity contribution in [3.63, 3.8) is 0 Å². The number of carbonyl (C=O) groups excluding carboxylic acids is 2. The lowest BCUT2D eigenvalue weighted by Crippen LogP contribution is -2.30. The molecule has 1 N–H and O–H groups in total. The van der Waals surface area contributed by atoms with Crippen LogP contribution >= 0.6 is 22.9 Å². The van der Waals surface area contributed by atoms with Crippen LogP contribution in [0.3, 0.4) is 0 Å². The van der Waals surface area contributed by atoms with Crippen molar-refractivity contribution >= 4 is 44.7 Å². The summed E-state index contributed by atoms with van der Waals surface area (Å²) in [6.07, 6.45) is 0.184. The van der Waals surface area contributed by atoms with Crippen molar-refractivity contribution in [3.05, 3.63) is 51.2 Å². The maximum absolute atomic E-state index is 12.5. The third-order valence-electron chi connectivity index (χ3n) is 4.53. The summed E-state index contributed by atoms with van der Waals surface area (Å²) >= 11 is 7.02. The molecule has 0 bridgehead atoms. The van der Waals surface area contributed by atoms with E-state index in [1.807, 2.05) is 6.92 Å². The molecule has 1 aromatic carbocycles. The second-order valence-corrected chi connectivity index (χ2v) is 10.1. The predicted molar refractivity (Wildman–Crippen MR) is 116 cm³/mol. The Labute approximate surface area is 180 Å². The number of halogens is 1. The Morgan fingerprint density at radius 2 is 1.69 bits per heavy atom. The first-order valence-electron chi connectivity index (χ1n) is 9.37. The minimum absolute atomic E-state index is 0.0765. The van der Waals surface area contributed by atoms with E-state index in [4.69, 9.17) is 11.6 Å². The minimum Gasteiger partial charge on any atom is -0.350 e. The number of thiophene rings is 1. The number of benzene rings is 1. The molecule has 0 aliphatic heterocycles. The highest BCUT2D eigenvalue weighted by Gasteiger charge is 2.21. The van der Waals surface area contributed by atoms with Gasteiger partial charge < -0.3 is 5.32 Å². The first-order valence-corrected chi connectivity index (χ1v) is 12.0. The molecule has 1 unspecified atom stereocenters. The number of hydrogen-bond donors (Lipinski definition) is 1. The Balaban J connectivity index is 1.94. The van der Waals surface area contributed by atoms with E-state index in [0.29, 0.717) is 22.3 Å². The average molecular weight is 457 g/mol. The lowest BCUT2D eigenvalue weighted by molar-refractivity contribution is -0.121. The summed E-state index contributed by atoms with van der Waals surface area (Å²) in [5.74, 6) is -0.357. The Hall–Kier alpha value is -1.74. The lowest BCUT2D eigenvalue weighted by atomic mass is 10.1. The van der Waals surface area contributed by atoms with E-state index in [9.17, 15) is 18.0 Å². The summed E-state index contributed by atoms with van der Waals surface area (Å²) in [5.41, 5.74) is 0.785. The Bertz CT molecular complexity index is 951. The van der Waals surface area contributed by atoms with Gasteiger partial charge in [0.05, 0.1) is 20.2 Å². The Morgan fingerprint density at radius 3 is 2.21 bits per heavy atom. The molecule has 29 heavy (non-hydrogen) atoms. The van der Waals surface area contributed by atoms with Crippen molar-refractivity contribution in [1.29, 1.82) is 0 Å². The van der Waals surface area contributed by atoms with Gasteiger partial charge in [-0.1, -0.05) is 37.6 Å². The molecule has 0 fully saturated rings. The SMILES string of the molecule is CCN(CC)S(=O)(=O)c1ccc(C(C)NC(=O)CCC(=O)c2ccc(Cl)s2)cc1. The van der Waals surface area contributed by atoms with Gasteiger partial charge in [-0.15, -0.1) is 11.3 Å². The average Bonchev–Trinajstić information content (AvgIpc) is 3.13. The standard InChI is InChI=1S/C20H25ClN2O4S2/c1-4-23(5-2)29(26,27)16-8-6-15(7-9-16)14(3)22-20(25)13-10-17(24)18-11-12-19(21)28-18/h6-9,11-12,14H,4-5,10,13H2,1-3H3,(H,22,25). The van der Waals surface area contributed by atoms with Crippen molar-refractivity contribution < 1.29 is 18.0 Å². The summed E-state index contributed by atoms with van der Waals surface area (Å²) in [5, 5.41) is 2.84. The van der Waals surface area contributed by atoms with Gasteiger partial charge in [0.15, 0.2) is 5.78 Å². The second kappa shape index (κ2) is 10.3. The number of rotatable bonds is 10. The number of hydrogen-bond acceptors (Lipinski definition) is 5. The monoisotopic (exact) mass is 456 g/mol. The number of sulfonamides is 1. The lowest BCUT2D eigenvalue weighted by Gasteiger charge is -2.19. The van der Waals surface area contributed by atoms with Crippen LogP contribution in [0, 0.1) is 0 Å². The first kappa shape index (κ1) is 23.5. The number of amides is 1. The molecule has 1 atom stereocenters. The number of ketones is 1. The van der Waals surface area contributed by atoms with Crippen LogP contribution in [0.4, 0.5) is 0 Å². The van der Waals surface area contributed by atoms with Crippen molar-refractivity contribution in [3.8, 4) is 0 Å². The van der Waals surface area contributed by atoms with Gasteiger partial charge in [-0.3, -0.25) is 9.59 Å². The zero-order valence-electron chi connectivity index (χ0n) is 16.6. The molecule has 1 heterocycles. The van der Waals surface area contributed by atoms with E-state index in [-0.39, 0.29) is 35.5 Å². The van der Waals surface area contributed by atoms with E-state index >= 15 is 0 Å². The van der Waals surface area contributed by atoms with E-state index in [1.54, 1.807) is 50.2 Å². The van der Waals surface area contributed by atoms with Gasteiger partial charge in [-0.2, -0.15) is 4.31 Å². The van der Waals surface area contributed by atoms with Gasteiger partial charge >= 0.3 is 0 Å². The van der Waals surface area contributed by atoms with Crippen LogP contribution in [0.15, 0.2) is 41.3 Å². The zero-order chi connectivity index (χ0) is 21.6. The highest BCUT2D eigenvalue weighted by molar-refractivity contribution is 7.89. The number of nitrogens with zero attached hydrogens (tertiary/aromatic N) is 1. The molecule has 0 radical (unpaired) electrons. The maximum Gasteiger partial charge on any atom is 0.243 e. The number of nitrogens with one attached hydrogen (secondary N) is 1. The van der Waals surface area contributed by atoms with Crippen LogP contribution in [-0.4, -0.2) is 37.5 Å². The largest absolute Gasteiger partial charge is 0.350 e. The molecule has 9 heteroatoms. The topological polar surface area (TPSA) is 83.6 Å². The fourth-order valence-corrected chi connectivity index (χ4v) is 5.32. The molecule has 1 amide bonds.